The molecule has 0 unspecified atom stereocenters. The Bertz CT molecular complexity index is 585. The highest BCUT2D eigenvalue weighted by molar-refractivity contribution is 6.00. The zero-order chi connectivity index (χ0) is 12.6. The molecular weight excluding hydrogens is 216 g/mol. The van der Waals surface area contributed by atoms with E-state index in [1.165, 1.54) is 0 Å². The van der Waals surface area contributed by atoms with Gasteiger partial charge in [-0.25, -0.2) is 0 Å². The zero-order valence-electron chi connectivity index (χ0n) is 9.95. The fraction of sp³-hybridized carbons (Fsp3) is 0.308. The minimum absolute atomic E-state index is 0.0304. The summed E-state index contributed by atoms with van der Waals surface area (Å²) in [5.41, 5.74) is 8.62. The average Bonchev–Trinajstić information content (AvgIpc) is 2.53. The van der Waals surface area contributed by atoms with Gasteiger partial charge in [-0.05, 0) is 43.2 Å². The van der Waals surface area contributed by atoms with Crippen LogP contribution in [-0.4, -0.2) is 22.2 Å². The van der Waals surface area contributed by atoms with Crippen LogP contribution in [0.15, 0.2) is 12.1 Å². The summed E-state index contributed by atoms with van der Waals surface area (Å²) in [5.74, 6) is -0.468. The second-order valence-corrected chi connectivity index (χ2v) is 4.13. The van der Waals surface area contributed by atoms with Gasteiger partial charge in [0.05, 0.1) is 6.61 Å². The van der Waals surface area contributed by atoms with Crippen LogP contribution in [0.4, 0.5) is 0 Å². The van der Waals surface area contributed by atoms with Crippen molar-refractivity contribution in [2.75, 3.05) is 6.61 Å². The van der Waals surface area contributed by atoms with Crippen molar-refractivity contribution in [2.45, 2.75) is 20.4 Å². The Hall–Kier alpha value is -1.81. The molecule has 1 radical (unpaired) electrons. The molecule has 4 heteroatoms. The number of carbonyl (C=O) groups excluding carboxylic acids is 1. The SMILES string of the molecule is Cc1[c]cc2c(c1)c(C)c(C(N)=O)n2CCO. The molecule has 0 aliphatic carbocycles. The lowest BCUT2D eigenvalue weighted by molar-refractivity contribution is 0.0990. The second kappa shape index (κ2) is 4.22. The van der Waals surface area contributed by atoms with Gasteiger partial charge in [0.2, 0.25) is 0 Å². The molecule has 0 saturated heterocycles. The largest absolute Gasteiger partial charge is 0.395 e. The summed E-state index contributed by atoms with van der Waals surface area (Å²) in [5, 5.41) is 10.1. The monoisotopic (exact) mass is 231 g/mol. The van der Waals surface area contributed by atoms with Crippen LogP contribution < -0.4 is 5.73 Å². The van der Waals surface area contributed by atoms with Gasteiger partial charge in [-0.15, -0.1) is 0 Å². The first-order valence-electron chi connectivity index (χ1n) is 5.48. The van der Waals surface area contributed by atoms with Crippen molar-refractivity contribution in [3.05, 3.63) is 35.0 Å². The quantitative estimate of drug-likeness (QED) is 0.832. The number of rotatable bonds is 3. The van der Waals surface area contributed by atoms with E-state index in [0.29, 0.717) is 12.2 Å². The average molecular weight is 231 g/mol. The minimum atomic E-state index is -0.468. The molecule has 1 amide bonds. The molecule has 2 aromatic rings. The Morgan fingerprint density at radius 1 is 1.53 bits per heavy atom. The van der Waals surface area contributed by atoms with E-state index in [1.54, 1.807) is 4.57 Å². The molecule has 3 N–H and O–H groups in total. The van der Waals surface area contributed by atoms with E-state index in [-0.39, 0.29) is 6.61 Å². The number of nitrogens with zero attached hydrogens (tertiary/aromatic N) is 1. The number of aliphatic hydroxyl groups excluding tert-OH is 1. The number of hydrogen-bond acceptors (Lipinski definition) is 2. The van der Waals surface area contributed by atoms with Crippen LogP contribution in [0, 0.1) is 19.9 Å². The van der Waals surface area contributed by atoms with Crippen LogP contribution in [-0.2, 0) is 6.54 Å². The molecule has 0 saturated carbocycles. The normalized spacial score (nSPS) is 11.0. The molecule has 0 spiro atoms. The Morgan fingerprint density at radius 2 is 2.24 bits per heavy atom. The standard InChI is InChI=1S/C13H15N2O2/c1-8-3-4-11-10(7-8)9(2)12(13(14)17)15(11)5-6-16/h4,7,16H,5-6H2,1-2H3,(H2,14,17). The summed E-state index contributed by atoms with van der Waals surface area (Å²) in [6.45, 7) is 4.15. The van der Waals surface area contributed by atoms with Crippen LogP contribution in [0.25, 0.3) is 10.9 Å². The minimum Gasteiger partial charge on any atom is -0.395 e. The van der Waals surface area contributed by atoms with E-state index in [9.17, 15) is 4.79 Å². The van der Waals surface area contributed by atoms with Crippen molar-refractivity contribution < 1.29 is 9.90 Å². The lowest BCUT2D eigenvalue weighted by Gasteiger charge is -2.06. The first-order chi connectivity index (χ1) is 8.06. The number of fused-ring (bicyclic) bond motifs is 1. The third kappa shape index (κ3) is 1.80. The smallest absolute Gasteiger partial charge is 0.265 e. The van der Waals surface area contributed by atoms with Crippen molar-refractivity contribution in [2.24, 2.45) is 5.73 Å². The van der Waals surface area contributed by atoms with Gasteiger partial charge in [0.15, 0.2) is 0 Å². The highest BCUT2D eigenvalue weighted by Crippen LogP contribution is 2.26. The number of carbonyl (C=O) groups is 1. The summed E-state index contributed by atoms with van der Waals surface area (Å²) in [6.07, 6.45) is 0. The van der Waals surface area contributed by atoms with E-state index in [0.717, 1.165) is 22.0 Å². The predicted molar refractivity (Wildman–Crippen MR) is 65.9 cm³/mol. The Labute approximate surface area is 99.7 Å². The fourth-order valence-corrected chi connectivity index (χ4v) is 2.22. The number of amides is 1. The maximum absolute atomic E-state index is 11.5. The molecular formula is C13H15N2O2. The summed E-state index contributed by atoms with van der Waals surface area (Å²) >= 11 is 0. The van der Waals surface area contributed by atoms with Gasteiger partial charge in [0.25, 0.3) is 5.91 Å². The molecule has 0 fully saturated rings. The van der Waals surface area contributed by atoms with E-state index in [1.807, 2.05) is 26.0 Å². The first-order valence-corrected chi connectivity index (χ1v) is 5.48. The van der Waals surface area contributed by atoms with Crippen molar-refractivity contribution >= 4 is 16.8 Å². The molecule has 0 bridgehead atoms. The maximum atomic E-state index is 11.5. The topological polar surface area (TPSA) is 68.2 Å². The van der Waals surface area contributed by atoms with Crippen molar-refractivity contribution in [3.63, 3.8) is 0 Å². The van der Waals surface area contributed by atoms with Gasteiger partial charge in [0.1, 0.15) is 5.69 Å². The van der Waals surface area contributed by atoms with Gasteiger partial charge in [-0.2, -0.15) is 0 Å². The highest BCUT2D eigenvalue weighted by atomic mass is 16.3. The van der Waals surface area contributed by atoms with E-state index in [2.05, 4.69) is 6.07 Å². The number of aliphatic hydroxyl groups is 1. The van der Waals surface area contributed by atoms with Crippen LogP contribution >= 0.6 is 0 Å². The number of aryl methyl sites for hydroxylation is 2. The van der Waals surface area contributed by atoms with Crippen LogP contribution in [0.3, 0.4) is 0 Å². The van der Waals surface area contributed by atoms with Crippen LogP contribution in [0.1, 0.15) is 21.6 Å². The Kier molecular flexibility index (Phi) is 2.90. The van der Waals surface area contributed by atoms with Crippen molar-refractivity contribution in [3.8, 4) is 0 Å². The molecule has 89 valence electrons. The number of aromatic nitrogens is 1. The van der Waals surface area contributed by atoms with E-state index in [4.69, 9.17) is 10.8 Å². The molecule has 1 heterocycles. The van der Waals surface area contributed by atoms with Gasteiger partial charge in [-0.3, -0.25) is 4.79 Å². The number of nitrogens with two attached hydrogens (primary N) is 1. The summed E-state index contributed by atoms with van der Waals surface area (Å²) in [4.78, 5) is 11.5. The predicted octanol–water partition coefficient (Wildman–Crippen LogP) is 1.15. The number of primary amides is 1. The van der Waals surface area contributed by atoms with Gasteiger partial charge >= 0.3 is 0 Å². The highest BCUT2D eigenvalue weighted by Gasteiger charge is 2.17. The molecule has 2 rings (SSSR count). The molecule has 0 atom stereocenters. The Morgan fingerprint density at radius 3 is 2.82 bits per heavy atom. The summed E-state index contributed by atoms with van der Waals surface area (Å²) in [7, 11) is 0. The zero-order valence-corrected chi connectivity index (χ0v) is 9.95. The van der Waals surface area contributed by atoms with Crippen molar-refractivity contribution in [1.82, 2.24) is 4.57 Å². The number of hydrogen-bond donors (Lipinski definition) is 2. The first kappa shape index (κ1) is 11.7. The second-order valence-electron chi connectivity index (χ2n) is 4.13. The van der Waals surface area contributed by atoms with Gasteiger partial charge in [0, 0.05) is 17.4 Å². The van der Waals surface area contributed by atoms with E-state index < -0.39 is 5.91 Å². The molecule has 0 aliphatic heterocycles. The molecule has 17 heavy (non-hydrogen) atoms. The molecule has 1 aromatic heterocycles. The van der Waals surface area contributed by atoms with Gasteiger partial charge < -0.3 is 15.4 Å². The maximum Gasteiger partial charge on any atom is 0.265 e. The Balaban J connectivity index is 2.82. The third-order valence-electron chi connectivity index (χ3n) is 2.95. The van der Waals surface area contributed by atoms with E-state index >= 15 is 0 Å². The lowest BCUT2D eigenvalue weighted by atomic mass is 10.1. The van der Waals surface area contributed by atoms with Crippen LogP contribution in [0.5, 0.6) is 0 Å². The van der Waals surface area contributed by atoms with Gasteiger partial charge in [-0.1, -0.05) is 0 Å². The summed E-state index contributed by atoms with van der Waals surface area (Å²) < 4.78 is 1.75. The third-order valence-corrected chi connectivity index (χ3v) is 2.95. The molecule has 0 aliphatic rings. The van der Waals surface area contributed by atoms with Crippen LogP contribution in [0.2, 0.25) is 0 Å². The number of benzene rings is 1. The summed E-state index contributed by atoms with van der Waals surface area (Å²) in [6, 6.07) is 6.91. The fourth-order valence-electron chi connectivity index (χ4n) is 2.22. The van der Waals surface area contributed by atoms with Crippen molar-refractivity contribution in [1.29, 1.82) is 0 Å². The molecule has 4 nitrogen and oxygen atoms in total. The molecule has 1 aromatic carbocycles. The lowest BCUT2D eigenvalue weighted by Crippen LogP contribution is -2.19.